The first-order valence-electron chi connectivity index (χ1n) is 6.97. The van der Waals surface area contributed by atoms with E-state index in [-0.39, 0.29) is 6.61 Å². The molecule has 122 valence electrons. The largest absolute Gasteiger partial charge is 0.493 e. The number of amides is 1. The number of rotatable bonds is 6. The highest BCUT2D eigenvalue weighted by Gasteiger charge is 2.05. The van der Waals surface area contributed by atoms with Gasteiger partial charge in [-0.15, -0.1) is 6.42 Å². The third-order valence-electron chi connectivity index (χ3n) is 2.98. The third-order valence-corrected chi connectivity index (χ3v) is 2.98. The summed E-state index contributed by atoms with van der Waals surface area (Å²) in [5.41, 5.74) is 3.37. The minimum absolute atomic E-state index is 0.136. The van der Waals surface area contributed by atoms with Gasteiger partial charge in [0.1, 0.15) is 12.4 Å². The molecule has 0 bridgehead atoms. The van der Waals surface area contributed by atoms with Crippen LogP contribution in [-0.4, -0.2) is 25.8 Å². The molecule has 2 aromatic rings. The molecule has 0 radical (unpaired) electrons. The average Bonchev–Trinajstić information content (AvgIpc) is 2.60. The molecule has 0 aliphatic carbocycles. The zero-order valence-electron chi connectivity index (χ0n) is 13.0. The van der Waals surface area contributed by atoms with E-state index in [9.17, 15) is 9.18 Å². The number of carbonyl (C=O) groups excluding carboxylic acids is 1. The lowest BCUT2D eigenvalue weighted by Gasteiger charge is -2.09. The molecule has 0 atom stereocenters. The van der Waals surface area contributed by atoms with Crippen LogP contribution in [0.1, 0.15) is 15.9 Å². The first-order valence-corrected chi connectivity index (χ1v) is 6.97. The summed E-state index contributed by atoms with van der Waals surface area (Å²) >= 11 is 0. The Bertz CT molecular complexity index is 780. The number of benzene rings is 2. The van der Waals surface area contributed by atoms with Gasteiger partial charge in [-0.1, -0.05) is 5.92 Å². The highest BCUT2D eigenvalue weighted by atomic mass is 19.1. The molecule has 2 aromatic carbocycles. The minimum Gasteiger partial charge on any atom is -0.493 e. The van der Waals surface area contributed by atoms with Gasteiger partial charge in [-0.3, -0.25) is 4.79 Å². The maximum atomic E-state index is 12.8. The predicted octanol–water partition coefficient (Wildman–Crippen LogP) is 2.61. The molecular weight excluding hydrogens is 311 g/mol. The van der Waals surface area contributed by atoms with Crippen LogP contribution in [0, 0.1) is 18.2 Å². The maximum absolute atomic E-state index is 12.8. The van der Waals surface area contributed by atoms with Gasteiger partial charge < -0.3 is 9.47 Å². The zero-order valence-corrected chi connectivity index (χ0v) is 13.0. The molecule has 0 aliphatic rings. The lowest BCUT2D eigenvalue weighted by atomic mass is 10.2. The summed E-state index contributed by atoms with van der Waals surface area (Å²) in [6.07, 6.45) is 6.60. The quantitative estimate of drug-likeness (QED) is 0.504. The van der Waals surface area contributed by atoms with E-state index in [0.717, 1.165) is 0 Å². The molecule has 0 aromatic heterocycles. The predicted molar refractivity (Wildman–Crippen MR) is 88.8 cm³/mol. The average molecular weight is 326 g/mol. The van der Waals surface area contributed by atoms with Gasteiger partial charge >= 0.3 is 0 Å². The van der Waals surface area contributed by atoms with Gasteiger partial charge in [-0.25, -0.2) is 9.82 Å². The number of hydrogen-bond donors (Lipinski definition) is 1. The third kappa shape index (κ3) is 4.58. The summed E-state index contributed by atoms with van der Waals surface area (Å²) in [7, 11) is 1.51. The van der Waals surface area contributed by atoms with Gasteiger partial charge in [-0.05, 0) is 48.0 Å². The molecule has 6 heteroatoms. The number of hydrogen-bond acceptors (Lipinski definition) is 4. The molecule has 0 fully saturated rings. The lowest BCUT2D eigenvalue weighted by molar-refractivity contribution is 0.0955. The fraction of sp³-hybridized carbons (Fsp3) is 0.111. The summed E-state index contributed by atoms with van der Waals surface area (Å²) in [5, 5.41) is 3.86. The topological polar surface area (TPSA) is 59.9 Å². The minimum atomic E-state index is -0.438. The number of ether oxygens (including phenoxy) is 2. The Morgan fingerprint density at radius 3 is 2.71 bits per heavy atom. The lowest BCUT2D eigenvalue weighted by Crippen LogP contribution is -2.17. The Hall–Kier alpha value is -3.33. The fourth-order valence-electron chi connectivity index (χ4n) is 1.83. The van der Waals surface area contributed by atoms with Crippen LogP contribution in [0.2, 0.25) is 0 Å². The molecular formula is C18H15FN2O3. The van der Waals surface area contributed by atoms with Crippen molar-refractivity contribution >= 4 is 12.1 Å². The molecule has 5 nitrogen and oxygen atoms in total. The van der Waals surface area contributed by atoms with Crippen LogP contribution in [0.25, 0.3) is 0 Å². The van der Waals surface area contributed by atoms with Gasteiger partial charge in [0.25, 0.3) is 5.91 Å². The van der Waals surface area contributed by atoms with E-state index in [1.807, 2.05) is 0 Å². The van der Waals surface area contributed by atoms with E-state index < -0.39 is 11.7 Å². The number of methoxy groups -OCH3 is 1. The van der Waals surface area contributed by atoms with E-state index in [2.05, 4.69) is 16.4 Å². The van der Waals surface area contributed by atoms with Crippen LogP contribution >= 0.6 is 0 Å². The Morgan fingerprint density at radius 2 is 2.04 bits per heavy atom. The Balaban J connectivity index is 2.02. The first kappa shape index (κ1) is 17.0. The van der Waals surface area contributed by atoms with Crippen LogP contribution in [0.5, 0.6) is 11.5 Å². The van der Waals surface area contributed by atoms with Gasteiger partial charge in [0.15, 0.2) is 11.5 Å². The van der Waals surface area contributed by atoms with E-state index in [1.54, 1.807) is 18.2 Å². The van der Waals surface area contributed by atoms with E-state index in [1.165, 1.54) is 37.6 Å². The van der Waals surface area contributed by atoms with Gasteiger partial charge in [0, 0.05) is 5.56 Å². The standard InChI is InChI=1S/C18H15FN2O3/c1-3-10-24-16-9-4-13(11-17(16)23-2)12-20-21-18(22)14-5-7-15(19)8-6-14/h1,4-9,11-12H,10H2,2H3,(H,21,22). The second-order valence-electron chi connectivity index (χ2n) is 4.61. The van der Waals surface area contributed by atoms with Crippen LogP contribution in [0.4, 0.5) is 4.39 Å². The Kier molecular flexibility index (Phi) is 5.92. The van der Waals surface area contributed by atoms with E-state index in [0.29, 0.717) is 22.6 Å². The van der Waals surface area contributed by atoms with Gasteiger partial charge in [0.2, 0.25) is 0 Å². The van der Waals surface area contributed by atoms with Crippen molar-refractivity contribution in [2.45, 2.75) is 0 Å². The summed E-state index contributed by atoms with van der Waals surface area (Å²) in [6.45, 7) is 0.136. The number of terminal acetylenes is 1. The SMILES string of the molecule is C#CCOc1ccc(C=NNC(=O)c2ccc(F)cc2)cc1OC. The van der Waals surface area contributed by atoms with Crippen molar-refractivity contribution in [2.75, 3.05) is 13.7 Å². The molecule has 0 unspecified atom stereocenters. The van der Waals surface area contributed by atoms with Crippen molar-refractivity contribution in [1.82, 2.24) is 5.43 Å². The molecule has 2 rings (SSSR count). The molecule has 0 saturated carbocycles. The first-order chi connectivity index (χ1) is 11.6. The van der Waals surface area contributed by atoms with Crippen LogP contribution in [-0.2, 0) is 0 Å². The number of nitrogens with one attached hydrogen (secondary N) is 1. The highest BCUT2D eigenvalue weighted by molar-refractivity contribution is 5.94. The number of halogens is 1. The zero-order chi connectivity index (χ0) is 17.4. The summed E-state index contributed by atoms with van der Waals surface area (Å²) in [5.74, 6) is 2.54. The van der Waals surface area contributed by atoms with Crippen LogP contribution in [0.15, 0.2) is 47.6 Å². The van der Waals surface area contributed by atoms with Gasteiger partial charge in [-0.2, -0.15) is 5.10 Å². The molecule has 0 spiro atoms. The Labute approximate surface area is 139 Å². The molecule has 0 saturated heterocycles. The summed E-state index contributed by atoms with van der Waals surface area (Å²) in [6, 6.07) is 10.3. The molecule has 0 aliphatic heterocycles. The normalized spacial score (nSPS) is 10.2. The van der Waals surface area contributed by atoms with E-state index in [4.69, 9.17) is 15.9 Å². The number of hydrazone groups is 1. The summed E-state index contributed by atoms with van der Waals surface area (Å²) < 4.78 is 23.4. The molecule has 0 heterocycles. The van der Waals surface area contributed by atoms with Gasteiger partial charge in [0.05, 0.1) is 13.3 Å². The molecule has 1 N–H and O–H groups in total. The monoisotopic (exact) mass is 326 g/mol. The molecule has 24 heavy (non-hydrogen) atoms. The second kappa shape index (κ2) is 8.34. The van der Waals surface area contributed by atoms with Crippen molar-refractivity contribution in [2.24, 2.45) is 5.10 Å². The molecule has 1 amide bonds. The smallest absolute Gasteiger partial charge is 0.271 e. The number of carbonyl (C=O) groups is 1. The van der Waals surface area contributed by atoms with Crippen molar-refractivity contribution in [3.8, 4) is 23.8 Å². The van der Waals surface area contributed by atoms with Crippen LogP contribution < -0.4 is 14.9 Å². The highest BCUT2D eigenvalue weighted by Crippen LogP contribution is 2.27. The Morgan fingerprint density at radius 1 is 1.29 bits per heavy atom. The van der Waals surface area contributed by atoms with Crippen molar-refractivity contribution < 1.29 is 18.7 Å². The van der Waals surface area contributed by atoms with Crippen molar-refractivity contribution in [3.05, 3.63) is 59.4 Å². The van der Waals surface area contributed by atoms with Crippen molar-refractivity contribution in [1.29, 1.82) is 0 Å². The summed E-state index contributed by atoms with van der Waals surface area (Å²) in [4.78, 5) is 11.8. The fourth-order valence-corrected chi connectivity index (χ4v) is 1.83. The maximum Gasteiger partial charge on any atom is 0.271 e. The second-order valence-corrected chi connectivity index (χ2v) is 4.61. The van der Waals surface area contributed by atoms with E-state index >= 15 is 0 Å². The van der Waals surface area contributed by atoms with Crippen molar-refractivity contribution in [3.63, 3.8) is 0 Å². The van der Waals surface area contributed by atoms with Crippen LogP contribution in [0.3, 0.4) is 0 Å². The number of nitrogens with zero attached hydrogens (tertiary/aromatic N) is 1.